The van der Waals surface area contributed by atoms with Crippen LogP contribution in [0, 0.1) is 13.8 Å². The maximum Gasteiger partial charge on any atom is 0.264 e. The maximum absolute atomic E-state index is 13.6. The van der Waals surface area contributed by atoms with Crippen molar-refractivity contribution in [1.82, 2.24) is 0 Å². The summed E-state index contributed by atoms with van der Waals surface area (Å²) in [4.78, 5) is 13.1. The van der Waals surface area contributed by atoms with Crippen molar-refractivity contribution in [3.05, 3.63) is 102 Å². The smallest absolute Gasteiger partial charge is 0.264 e. The molecule has 0 saturated carbocycles. The predicted molar refractivity (Wildman–Crippen MR) is 162 cm³/mol. The zero-order valence-electron chi connectivity index (χ0n) is 23.5. The summed E-state index contributed by atoms with van der Waals surface area (Å²) in [5.41, 5.74) is 2.52. The zero-order valence-corrected chi connectivity index (χ0v) is 25.1. The molecule has 1 amide bonds. The molecule has 0 bridgehead atoms. The van der Waals surface area contributed by atoms with Crippen LogP contribution >= 0.6 is 0 Å². The number of ether oxygens (including phenoxy) is 2. The number of hydrogen-bond acceptors (Lipinski definition) is 7. The van der Waals surface area contributed by atoms with Gasteiger partial charge in [-0.25, -0.2) is 16.8 Å². The molecule has 0 aliphatic carbocycles. The monoisotopic (exact) mass is 609 g/mol. The van der Waals surface area contributed by atoms with E-state index in [1.54, 1.807) is 42.5 Å². The van der Waals surface area contributed by atoms with Crippen molar-refractivity contribution in [2.24, 2.45) is 0 Å². The van der Waals surface area contributed by atoms with Gasteiger partial charge < -0.3 is 14.8 Å². The summed E-state index contributed by atoms with van der Waals surface area (Å²) < 4.78 is 67.2. The Labute approximate surface area is 246 Å². The third-order valence-electron chi connectivity index (χ3n) is 6.21. The number of methoxy groups -OCH3 is 2. The van der Waals surface area contributed by atoms with Crippen LogP contribution in [0.4, 0.5) is 17.1 Å². The molecule has 4 aromatic rings. The Morgan fingerprint density at radius 3 is 2.00 bits per heavy atom. The van der Waals surface area contributed by atoms with Gasteiger partial charge in [0, 0.05) is 11.8 Å². The van der Waals surface area contributed by atoms with Crippen LogP contribution in [-0.4, -0.2) is 43.5 Å². The number of benzene rings is 4. The molecule has 0 heterocycles. The second-order valence-electron chi connectivity index (χ2n) is 9.41. The topological polar surface area (TPSA) is 131 Å². The van der Waals surface area contributed by atoms with E-state index in [4.69, 9.17) is 9.47 Å². The lowest BCUT2D eigenvalue weighted by molar-refractivity contribution is -0.114. The molecule has 220 valence electrons. The summed E-state index contributed by atoms with van der Waals surface area (Å²) in [6.07, 6.45) is 0. The first kappa shape index (κ1) is 30.4. The highest BCUT2D eigenvalue weighted by molar-refractivity contribution is 7.93. The lowest BCUT2D eigenvalue weighted by Gasteiger charge is -2.25. The predicted octanol–water partition coefficient (Wildman–Crippen LogP) is 4.96. The quantitative estimate of drug-likeness (QED) is 0.246. The minimum Gasteiger partial charge on any atom is -0.497 e. The molecule has 0 aliphatic heterocycles. The molecule has 42 heavy (non-hydrogen) atoms. The van der Waals surface area contributed by atoms with Crippen LogP contribution in [0.3, 0.4) is 0 Å². The van der Waals surface area contributed by atoms with Gasteiger partial charge in [0.15, 0.2) is 0 Å². The molecule has 0 saturated heterocycles. The van der Waals surface area contributed by atoms with E-state index in [0.717, 1.165) is 15.4 Å². The SMILES string of the molecule is COc1ccc(OC)c(NS(=O)(=O)c2ccc(NC(=O)CN(c3cc(C)cc(C)c3)S(=O)(=O)c3ccccc3)cc2)c1. The van der Waals surface area contributed by atoms with E-state index in [-0.39, 0.29) is 21.2 Å². The second-order valence-corrected chi connectivity index (χ2v) is 13.0. The van der Waals surface area contributed by atoms with Crippen LogP contribution in [-0.2, 0) is 24.8 Å². The summed E-state index contributed by atoms with van der Waals surface area (Å²) in [5, 5.41) is 2.66. The van der Waals surface area contributed by atoms with Crippen LogP contribution in [0.25, 0.3) is 0 Å². The van der Waals surface area contributed by atoms with E-state index in [2.05, 4.69) is 10.0 Å². The van der Waals surface area contributed by atoms with Crippen molar-refractivity contribution in [3.8, 4) is 11.5 Å². The third-order valence-corrected chi connectivity index (χ3v) is 9.38. The van der Waals surface area contributed by atoms with E-state index in [1.165, 1.54) is 56.7 Å². The van der Waals surface area contributed by atoms with Crippen molar-refractivity contribution in [2.75, 3.05) is 35.1 Å². The number of carbonyl (C=O) groups is 1. The lowest BCUT2D eigenvalue weighted by Crippen LogP contribution is -2.38. The zero-order chi connectivity index (χ0) is 30.5. The highest BCUT2D eigenvalue weighted by Gasteiger charge is 2.27. The molecular weight excluding hydrogens is 578 g/mol. The summed E-state index contributed by atoms with van der Waals surface area (Å²) in [6.45, 7) is 3.19. The number of anilines is 3. The molecular formula is C30H31N3O7S2. The molecule has 12 heteroatoms. The number of nitrogens with one attached hydrogen (secondary N) is 2. The molecule has 4 rings (SSSR count). The van der Waals surface area contributed by atoms with Gasteiger partial charge in [0.25, 0.3) is 20.0 Å². The number of amides is 1. The van der Waals surface area contributed by atoms with Crippen LogP contribution in [0.15, 0.2) is 101 Å². The van der Waals surface area contributed by atoms with Crippen molar-refractivity contribution >= 4 is 43.0 Å². The largest absolute Gasteiger partial charge is 0.497 e. The van der Waals surface area contributed by atoms with E-state index in [9.17, 15) is 21.6 Å². The van der Waals surface area contributed by atoms with Crippen LogP contribution < -0.4 is 23.8 Å². The molecule has 0 fully saturated rings. The minimum atomic E-state index is -4.08. The minimum absolute atomic E-state index is 0.0479. The van der Waals surface area contributed by atoms with Crippen molar-refractivity contribution in [3.63, 3.8) is 0 Å². The molecule has 2 N–H and O–H groups in total. The lowest BCUT2D eigenvalue weighted by atomic mass is 10.1. The van der Waals surface area contributed by atoms with E-state index in [1.807, 2.05) is 19.9 Å². The van der Waals surface area contributed by atoms with Crippen LogP contribution in [0.5, 0.6) is 11.5 Å². The van der Waals surface area contributed by atoms with E-state index >= 15 is 0 Å². The number of rotatable bonds is 11. The molecule has 10 nitrogen and oxygen atoms in total. The fourth-order valence-electron chi connectivity index (χ4n) is 4.28. The highest BCUT2D eigenvalue weighted by atomic mass is 32.2. The van der Waals surface area contributed by atoms with Gasteiger partial charge in [-0.05, 0) is 85.6 Å². The van der Waals surface area contributed by atoms with Gasteiger partial charge in [-0.3, -0.25) is 13.8 Å². The Bertz CT molecular complexity index is 1770. The number of sulfonamides is 2. The number of carbonyl (C=O) groups excluding carboxylic acids is 1. The summed E-state index contributed by atoms with van der Waals surface area (Å²) >= 11 is 0. The maximum atomic E-state index is 13.6. The third kappa shape index (κ3) is 7.01. The van der Waals surface area contributed by atoms with E-state index < -0.39 is 32.5 Å². The Morgan fingerprint density at radius 2 is 1.40 bits per heavy atom. The Morgan fingerprint density at radius 1 is 0.762 bits per heavy atom. The average Bonchev–Trinajstić information content (AvgIpc) is 2.95. The average molecular weight is 610 g/mol. The molecule has 0 spiro atoms. The molecule has 4 aromatic carbocycles. The van der Waals surface area contributed by atoms with Gasteiger partial charge in [-0.1, -0.05) is 24.3 Å². The molecule has 0 radical (unpaired) electrons. The molecule has 0 unspecified atom stereocenters. The fraction of sp³-hybridized carbons (Fsp3) is 0.167. The number of aryl methyl sites for hydroxylation is 2. The van der Waals surface area contributed by atoms with E-state index in [0.29, 0.717) is 17.2 Å². The van der Waals surface area contributed by atoms with Gasteiger partial charge in [-0.2, -0.15) is 0 Å². The van der Waals surface area contributed by atoms with Crippen molar-refractivity contribution in [2.45, 2.75) is 23.6 Å². The first-order chi connectivity index (χ1) is 19.9. The summed E-state index contributed by atoms with van der Waals surface area (Å²) in [5.74, 6) is 0.140. The Balaban J connectivity index is 1.55. The van der Waals surface area contributed by atoms with Gasteiger partial charge >= 0.3 is 0 Å². The molecule has 0 aliphatic rings. The van der Waals surface area contributed by atoms with Crippen LogP contribution in [0.1, 0.15) is 11.1 Å². The van der Waals surface area contributed by atoms with Crippen molar-refractivity contribution < 1.29 is 31.1 Å². The number of hydrogen-bond donors (Lipinski definition) is 2. The highest BCUT2D eigenvalue weighted by Crippen LogP contribution is 2.31. The van der Waals surface area contributed by atoms with Crippen LogP contribution in [0.2, 0.25) is 0 Å². The standard InChI is InChI=1S/C30H31N3O7S2/c1-21-16-22(2)18-24(17-21)33(42(37,38)27-8-6-5-7-9-27)20-30(34)31-23-10-13-26(14-11-23)41(35,36)32-28-19-25(39-3)12-15-29(28)40-4/h5-19,32H,20H2,1-4H3,(H,31,34). The second kappa shape index (κ2) is 12.5. The van der Waals surface area contributed by atoms with Crippen molar-refractivity contribution in [1.29, 1.82) is 0 Å². The first-order valence-electron chi connectivity index (χ1n) is 12.7. The van der Waals surface area contributed by atoms with Gasteiger partial charge in [0.1, 0.15) is 18.0 Å². The van der Waals surface area contributed by atoms with Gasteiger partial charge in [0.05, 0.1) is 35.4 Å². The Kier molecular flexibility index (Phi) is 9.08. The van der Waals surface area contributed by atoms with Gasteiger partial charge in [-0.15, -0.1) is 0 Å². The fourth-order valence-corrected chi connectivity index (χ4v) is 6.76. The Hall–Kier alpha value is -4.55. The first-order valence-corrected chi connectivity index (χ1v) is 15.7. The molecule has 0 aromatic heterocycles. The number of nitrogens with zero attached hydrogens (tertiary/aromatic N) is 1. The summed E-state index contributed by atoms with van der Waals surface area (Å²) in [6, 6.07) is 23.4. The van der Waals surface area contributed by atoms with Gasteiger partial charge in [0.2, 0.25) is 5.91 Å². The summed E-state index contributed by atoms with van der Waals surface area (Å²) in [7, 11) is -5.21. The normalized spacial score (nSPS) is 11.4. The molecule has 0 atom stereocenters.